The van der Waals surface area contributed by atoms with Crippen LogP contribution in [0.4, 0.5) is 14.6 Å². The second-order valence-electron chi connectivity index (χ2n) is 2.51. The van der Waals surface area contributed by atoms with Crippen LogP contribution in [0.5, 0.6) is 0 Å². The fourth-order valence-corrected chi connectivity index (χ4v) is 1.43. The fraction of sp³-hybridized carbons (Fsp3) is 0.250. The second-order valence-corrected chi connectivity index (χ2v) is 3.07. The quantitative estimate of drug-likeness (QED) is 0.832. The maximum Gasteiger partial charge on any atom is 0.280 e. The Bertz CT molecular complexity index is 387. The molecule has 2 N–H and O–H groups in total. The van der Waals surface area contributed by atoms with E-state index in [-0.39, 0.29) is 11.4 Å². The minimum Gasteiger partial charge on any atom is -0.383 e. The molecular weight excluding hydrogens is 256 g/mol. The van der Waals surface area contributed by atoms with Crippen LogP contribution in [-0.4, -0.2) is 4.98 Å². The molecule has 0 fully saturated rings. The van der Waals surface area contributed by atoms with E-state index in [1.165, 1.54) is 6.07 Å². The van der Waals surface area contributed by atoms with Crippen LogP contribution in [-0.2, 0) is 5.33 Å². The van der Waals surface area contributed by atoms with Crippen LogP contribution in [0.25, 0.3) is 0 Å². The third kappa shape index (κ3) is 1.99. The van der Waals surface area contributed by atoms with Crippen LogP contribution in [0.3, 0.4) is 0 Å². The number of pyridine rings is 1. The van der Waals surface area contributed by atoms with Gasteiger partial charge in [-0.2, -0.15) is 5.26 Å². The molecule has 0 radical (unpaired) electrons. The van der Waals surface area contributed by atoms with Crippen LogP contribution < -0.4 is 5.73 Å². The minimum atomic E-state index is -2.68. The van der Waals surface area contributed by atoms with Crippen LogP contribution in [0, 0.1) is 11.3 Å². The molecule has 0 saturated carbocycles. The fourth-order valence-electron chi connectivity index (χ4n) is 0.989. The van der Waals surface area contributed by atoms with E-state index in [2.05, 4.69) is 20.9 Å². The second kappa shape index (κ2) is 4.33. The molecule has 1 aromatic rings. The SMILES string of the molecule is N#Cc1c(CBr)cc(C(F)F)nc1N. The lowest BCUT2D eigenvalue weighted by Gasteiger charge is -2.06. The Morgan fingerprint density at radius 3 is 2.71 bits per heavy atom. The summed E-state index contributed by atoms with van der Waals surface area (Å²) in [7, 11) is 0. The Labute approximate surface area is 87.7 Å². The lowest BCUT2D eigenvalue weighted by Crippen LogP contribution is -2.03. The van der Waals surface area contributed by atoms with Crippen molar-refractivity contribution >= 4 is 21.7 Å². The highest BCUT2D eigenvalue weighted by atomic mass is 79.9. The van der Waals surface area contributed by atoms with E-state index in [0.717, 1.165) is 0 Å². The number of alkyl halides is 3. The van der Waals surface area contributed by atoms with E-state index in [0.29, 0.717) is 10.9 Å². The summed E-state index contributed by atoms with van der Waals surface area (Å²) in [5, 5.41) is 8.98. The van der Waals surface area contributed by atoms with E-state index >= 15 is 0 Å². The predicted octanol–water partition coefficient (Wildman–Crippen LogP) is 2.37. The van der Waals surface area contributed by atoms with Gasteiger partial charge in [-0.05, 0) is 11.6 Å². The monoisotopic (exact) mass is 261 g/mol. The number of anilines is 1. The lowest BCUT2D eigenvalue weighted by atomic mass is 10.1. The van der Waals surface area contributed by atoms with Crippen LogP contribution in [0.2, 0.25) is 0 Å². The summed E-state index contributed by atoms with van der Waals surface area (Å²) in [6, 6.07) is 2.99. The molecule has 14 heavy (non-hydrogen) atoms. The minimum absolute atomic E-state index is 0.145. The zero-order valence-electron chi connectivity index (χ0n) is 6.97. The highest BCUT2D eigenvalue weighted by Crippen LogP contribution is 2.24. The van der Waals surface area contributed by atoms with Crippen molar-refractivity contribution in [2.24, 2.45) is 0 Å². The Morgan fingerprint density at radius 1 is 1.64 bits per heavy atom. The average molecular weight is 262 g/mol. The molecule has 0 amide bonds. The number of nitrogen functional groups attached to an aromatic ring is 1. The third-order valence-corrected chi connectivity index (χ3v) is 2.23. The largest absolute Gasteiger partial charge is 0.383 e. The first-order valence-electron chi connectivity index (χ1n) is 3.63. The first kappa shape index (κ1) is 10.9. The molecule has 6 heteroatoms. The van der Waals surface area contributed by atoms with Gasteiger partial charge in [-0.25, -0.2) is 13.8 Å². The summed E-state index contributed by atoms with van der Waals surface area (Å²) in [6.07, 6.45) is -2.68. The molecule has 74 valence electrons. The molecule has 3 nitrogen and oxygen atoms in total. The highest BCUT2D eigenvalue weighted by Gasteiger charge is 2.15. The van der Waals surface area contributed by atoms with Gasteiger partial charge in [-0.3, -0.25) is 0 Å². The molecule has 0 atom stereocenters. The van der Waals surface area contributed by atoms with E-state index in [9.17, 15) is 8.78 Å². The molecule has 1 aromatic heterocycles. The summed E-state index contributed by atoms with van der Waals surface area (Å²) in [5.74, 6) is -0.153. The van der Waals surface area contributed by atoms with Crippen molar-refractivity contribution in [2.45, 2.75) is 11.8 Å². The van der Waals surface area contributed by atoms with Gasteiger partial charge in [0.05, 0.1) is 5.56 Å². The number of rotatable bonds is 2. The van der Waals surface area contributed by atoms with Gasteiger partial charge in [0.15, 0.2) is 0 Å². The van der Waals surface area contributed by atoms with Gasteiger partial charge in [-0.15, -0.1) is 0 Å². The summed E-state index contributed by atoms with van der Waals surface area (Å²) >= 11 is 3.09. The summed E-state index contributed by atoms with van der Waals surface area (Å²) in [4.78, 5) is 3.44. The normalized spacial score (nSPS) is 10.2. The molecule has 0 unspecified atom stereocenters. The average Bonchev–Trinajstić information content (AvgIpc) is 2.16. The van der Waals surface area contributed by atoms with Gasteiger partial charge in [0, 0.05) is 5.33 Å². The molecule has 0 bridgehead atoms. The smallest absolute Gasteiger partial charge is 0.280 e. The van der Waals surface area contributed by atoms with Crippen molar-refractivity contribution in [3.63, 3.8) is 0 Å². The molecule has 0 aliphatic carbocycles. The van der Waals surface area contributed by atoms with Crippen molar-refractivity contribution in [3.8, 4) is 6.07 Å². The zero-order valence-corrected chi connectivity index (χ0v) is 8.55. The van der Waals surface area contributed by atoms with Gasteiger partial charge in [0.1, 0.15) is 17.6 Å². The van der Waals surface area contributed by atoms with Crippen molar-refractivity contribution in [1.29, 1.82) is 5.26 Å². The standard InChI is InChI=1S/C8H6BrF2N3/c9-2-4-1-6(7(10)11)14-8(13)5(4)3-12/h1,7H,2H2,(H2,13,14). The first-order valence-corrected chi connectivity index (χ1v) is 4.75. The Kier molecular flexibility index (Phi) is 3.36. The van der Waals surface area contributed by atoms with Gasteiger partial charge in [0.2, 0.25) is 0 Å². The van der Waals surface area contributed by atoms with Crippen molar-refractivity contribution in [1.82, 2.24) is 4.98 Å². The van der Waals surface area contributed by atoms with E-state index in [4.69, 9.17) is 11.0 Å². The highest BCUT2D eigenvalue weighted by molar-refractivity contribution is 9.08. The van der Waals surface area contributed by atoms with Gasteiger partial charge >= 0.3 is 0 Å². The maximum absolute atomic E-state index is 12.3. The molecule has 0 saturated heterocycles. The van der Waals surface area contributed by atoms with Crippen LogP contribution in [0.1, 0.15) is 23.2 Å². The van der Waals surface area contributed by atoms with Crippen LogP contribution >= 0.6 is 15.9 Å². The number of nitrogens with two attached hydrogens (primary N) is 1. The van der Waals surface area contributed by atoms with E-state index < -0.39 is 12.1 Å². The Morgan fingerprint density at radius 2 is 2.29 bits per heavy atom. The zero-order chi connectivity index (χ0) is 10.7. The Hall–Kier alpha value is -1.22. The van der Waals surface area contributed by atoms with Crippen molar-refractivity contribution in [3.05, 3.63) is 22.9 Å². The molecule has 0 aliphatic rings. The number of hydrogen-bond donors (Lipinski definition) is 1. The van der Waals surface area contributed by atoms with E-state index in [1.54, 1.807) is 0 Å². The molecule has 1 rings (SSSR count). The topological polar surface area (TPSA) is 62.7 Å². The number of nitriles is 1. The Balaban J connectivity index is 3.33. The maximum atomic E-state index is 12.3. The van der Waals surface area contributed by atoms with Crippen LogP contribution in [0.15, 0.2) is 6.07 Å². The number of hydrogen-bond acceptors (Lipinski definition) is 3. The summed E-state index contributed by atoms with van der Waals surface area (Å²) in [5.41, 5.74) is 5.52. The molecule has 1 heterocycles. The number of halogens is 3. The lowest BCUT2D eigenvalue weighted by molar-refractivity contribution is 0.146. The number of nitrogens with zero attached hydrogens (tertiary/aromatic N) is 2. The molecule has 0 aromatic carbocycles. The predicted molar refractivity (Wildman–Crippen MR) is 51.0 cm³/mol. The first-order chi connectivity index (χ1) is 6.60. The van der Waals surface area contributed by atoms with Gasteiger partial charge < -0.3 is 5.73 Å². The van der Waals surface area contributed by atoms with Gasteiger partial charge in [-0.1, -0.05) is 15.9 Å². The van der Waals surface area contributed by atoms with E-state index in [1.807, 2.05) is 6.07 Å². The number of aromatic nitrogens is 1. The molecular formula is C8H6BrF2N3. The molecule has 0 aliphatic heterocycles. The summed E-state index contributed by atoms with van der Waals surface area (Å²) < 4.78 is 24.6. The van der Waals surface area contributed by atoms with Crippen molar-refractivity contribution in [2.75, 3.05) is 5.73 Å². The summed E-state index contributed by atoms with van der Waals surface area (Å²) in [6.45, 7) is 0. The molecule has 0 spiro atoms. The third-order valence-electron chi connectivity index (χ3n) is 1.63. The van der Waals surface area contributed by atoms with Crippen molar-refractivity contribution < 1.29 is 8.78 Å². The van der Waals surface area contributed by atoms with Gasteiger partial charge in [0.25, 0.3) is 6.43 Å².